The average Bonchev–Trinajstić information content (AvgIpc) is 3.83. The van der Waals surface area contributed by atoms with Crippen molar-refractivity contribution in [3.63, 3.8) is 0 Å². The molecular weight excluding hydrogens is 673 g/mol. The molecule has 0 atom stereocenters. The Bertz CT molecular complexity index is 2900. The van der Waals surface area contributed by atoms with Crippen molar-refractivity contribution in [3.05, 3.63) is 210 Å². The lowest BCUT2D eigenvalue weighted by Crippen LogP contribution is -2.29. The molecule has 2 heteroatoms. The molecule has 0 saturated heterocycles. The van der Waals surface area contributed by atoms with Gasteiger partial charge in [-0.15, -0.1) is 11.3 Å². The molecule has 7 aromatic rings. The van der Waals surface area contributed by atoms with E-state index in [0.29, 0.717) is 0 Å². The molecule has 9 rings (SSSR count). The Morgan fingerprint density at radius 1 is 0.556 bits per heavy atom. The Morgan fingerprint density at radius 3 is 1.93 bits per heavy atom. The van der Waals surface area contributed by atoms with Gasteiger partial charge in [-0.1, -0.05) is 147 Å². The van der Waals surface area contributed by atoms with E-state index < -0.39 is 0 Å². The van der Waals surface area contributed by atoms with Gasteiger partial charge in [-0.05, 0) is 122 Å². The predicted octanol–water partition coefficient (Wildman–Crippen LogP) is 13.4. The van der Waals surface area contributed by atoms with Crippen LogP contribution in [-0.4, -0.2) is 0 Å². The number of thiophene rings is 1. The van der Waals surface area contributed by atoms with E-state index in [1.165, 1.54) is 20.5 Å². The quantitative estimate of drug-likeness (QED) is 0.160. The molecule has 1 nitrogen and oxygen atoms in total. The maximum absolute atomic E-state index is 6.46. The third-order valence-corrected chi connectivity index (χ3v) is 11.9. The van der Waals surface area contributed by atoms with Gasteiger partial charge in [0.1, 0.15) is 11.2 Å². The zero-order valence-electron chi connectivity index (χ0n) is 30.3. The summed E-state index contributed by atoms with van der Waals surface area (Å²) < 4.78 is 7.72. The molecule has 54 heavy (non-hydrogen) atoms. The van der Waals surface area contributed by atoms with Crippen molar-refractivity contribution < 1.29 is 4.42 Å². The van der Waals surface area contributed by atoms with Crippen molar-refractivity contribution in [3.8, 4) is 10.4 Å². The van der Waals surface area contributed by atoms with E-state index in [2.05, 4.69) is 152 Å². The monoisotopic (exact) mass is 712 g/mol. The summed E-state index contributed by atoms with van der Waals surface area (Å²) in [5, 5.41) is 5.68. The SMILES string of the molecule is C=C(C1=CC=CCC1)c1ccccc1C(=C)C1=c2\cccc\c2=C(C(=C)c2cc3c(cc2-c2cc4ccccc4s2)oc2ccccc23)\C=C\CC\C=C\1. The lowest BCUT2D eigenvalue weighted by Gasteiger charge is -2.19. The highest BCUT2D eigenvalue weighted by molar-refractivity contribution is 7.22. The first-order chi connectivity index (χ1) is 26.5. The molecule has 0 aliphatic heterocycles. The highest BCUT2D eigenvalue weighted by Gasteiger charge is 2.20. The second-order valence-electron chi connectivity index (χ2n) is 14.0. The molecule has 0 amide bonds. The van der Waals surface area contributed by atoms with E-state index in [1.54, 1.807) is 0 Å². The van der Waals surface area contributed by atoms with Crippen molar-refractivity contribution >= 4 is 71.2 Å². The molecule has 0 fully saturated rings. The lowest BCUT2D eigenvalue weighted by atomic mass is 9.85. The normalized spacial score (nSPS) is 17.6. The first-order valence-electron chi connectivity index (χ1n) is 18.7. The third-order valence-electron chi connectivity index (χ3n) is 10.7. The second kappa shape index (κ2) is 14.3. The fourth-order valence-corrected chi connectivity index (χ4v) is 9.01. The van der Waals surface area contributed by atoms with Crippen molar-refractivity contribution in [2.24, 2.45) is 0 Å². The summed E-state index contributed by atoms with van der Waals surface area (Å²) in [6.07, 6.45) is 19.6. The molecule has 260 valence electrons. The summed E-state index contributed by atoms with van der Waals surface area (Å²) in [6.45, 7) is 14.3. The van der Waals surface area contributed by atoms with Crippen LogP contribution in [0.2, 0.25) is 0 Å². The van der Waals surface area contributed by atoms with Crippen LogP contribution in [0.4, 0.5) is 0 Å². The summed E-state index contributed by atoms with van der Waals surface area (Å²) in [6, 6.07) is 41.0. The van der Waals surface area contributed by atoms with Crippen molar-refractivity contribution in [1.82, 2.24) is 0 Å². The van der Waals surface area contributed by atoms with E-state index in [4.69, 9.17) is 17.6 Å². The van der Waals surface area contributed by atoms with Crippen LogP contribution < -0.4 is 10.4 Å². The van der Waals surface area contributed by atoms with Crippen LogP contribution in [0.5, 0.6) is 0 Å². The first kappa shape index (κ1) is 33.6. The van der Waals surface area contributed by atoms with Crippen molar-refractivity contribution in [1.29, 1.82) is 0 Å². The minimum Gasteiger partial charge on any atom is -0.456 e. The van der Waals surface area contributed by atoms with E-state index in [0.717, 1.165) is 108 Å². The topological polar surface area (TPSA) is 13.1 Å². The number of rotatable bonds is 7. The number of fused-ring (bicyclic) bond motifs is 5. The van der Waals surface area contributed by atoms with Crippen LogP contribution in [0.3, 0.4) is 0 Å². The minimum atomic E-state index is 0.879. The fourth-order valence-electron chi connectivity index (χ4n) is 7.92. The van der Waals surface area contributed by atoms with Crippen LogP contribution >= 0.6 is 11.3 Å². The van der Waals surface area contributed by atoms with Gasteiger partial charge in [0.05, 0.1) is 0 Å². The molecule has 0 saturated carbocycles. The van der Waals surface area contributed by atoms with E-state index in [9.17, 15) is 0 Å². The van der Waals surface area contributed by atoms with E-state index in [-0.39, 0.29) is 0 Å². The molecule has 0 radical (unpaired) electrons. The fraction of sp³-hybridized carbons (Fsp3) is 0.0769. The van der Waals surface area contributed by atoms with Gasteiger partial charge in [0.25, 0.3) is 0 Å². The summed E-state index contributed by atoms with van der Waals surface area (Å²) in [5.41, 5.74) is 12.7. The third kappa shape index (κ3) is 6.09. The molecular formula is C52H40OS. The first-order valence-corrected chi connectivity index (χ1v) is 19.5. The van der Waals surface area contributed by atoms with Gasteiger partial charge in [0.2, 0.25) is 0 Å². The molecule has 2 aliphatic carbocycles. The molecule has 2 aliphatic rings. The Hall–Kier alpha value is -6.22. The second-order valence-corrected chi connectivity index (χ2v) is 15.1. The summed E-state index contributed by atoms with van der Waals surface area (Å²) in [5.74, 6) is 0. The van der Waals surface area contributed by atoms with Crippen LogP contribution in [0.15, 0.2) is 188 Å². The van der Waals surface area contributed by atoms with Gasteiger partial charge in [-0.3, -0.25) is 0 Å². The summed E-state index contributed by atoms with van der Waals surface area (Å²) in [4.78, 5) is 1.19. The Labute approximate surface area is 320 Å². The van der Waals surface area contributed by atoms with Crippen LogP contribution in [-0.2, 0) is 0 Å². The number of hydrogen-bond acceptors (Lipinski definition) is 2. The molecule has 0 bridgehead atoms. The Kier molecular flexibility index (Phi) is 8.90. The van der Waals surface area contributed by atoms with Crippen molar-refractivity contribution in [2.75, 3.05) is 0 Å². The number of furan rings is 1. The smallest absolute Gasteiger partial charge is 0.136 e. The molecule has 5 aromatic carbocycles. The molecule has 2 heterocycles. The number of benzene rings is 5. The maximum Gasteiger partial charge on any atom is 0.136 e. The molecule has 0 N–H and O–H groups in total. The number of hydrogen-bond donors (Lipinski definition) is 0. The average molecular weight is 713 g/mol. The minimum absolute atomic E-state index is 0.879. The lowest BCUT2D eigenvalue weighted by molar-refractivity contribution is 0.669. The highest BCUT2D eigenvalue weighted by Crippen LogP contribution is 2.43. The predicted molar refractivity (Wildman–Crippen MR) is 235 cm³/mol. The zero-order chi connectivity index (χ0) is 36.6. The standard InChI is InChI=1S/C52H40OS/c1-34(37-19-7-6-8-20-37)39-24-12-13-25-40(39)35(2)41-22-9-4-5-10-23-42(44-27-15-14-26-43(41)44)36(3)46-32-47-45-28-16-17-29-49(45)53-50(47)33-48(46)52-31-38-21-11-18-30-51(38)54-52/h6-7,9-19,21-33H,1-5,8,20H2/b22-9+,23-10+,43-41+,44-42+. The molecule has 2 aromatic heterocycles. The van der Waals surface area contributed by atoms with Crippen molar-refractivity contribution in [2.45, 2.75) is 25.7 Å². The Balaban J connectivity index is 1.28. The van der Waals surface area contributed by atoms with Crippen LogP contribution in [0.25, 0.3) is 70.3 Å². The maximum atomic E-state index is 6.46. The number of allylic oxidation sites excluding steroid dienone is 11. The zero-order valence-corrected chi connectivity index (χ0v) is 31.1. The van der Waals surface area contributed by atoms with Gasteiger partial charge in [0.15, 0.2) is 0 Å². The van der Waals surface area contributed by atoms with E-state index in [1.807, 2.05) is 23.5 Å². The molecule has 0 spiro atoms. The summed E-state index contributed by atoms with van der Waals surface area (Å²) >= 11 is 1.81. The van der Waals surface area contributed by atoms with Crippen LogP contribution in [0.1, 0.15) is 42.4 Å². The summed E-state index contributed by atoms with van der Waals surface area (Å²) in [7, 11) is 0. The highest BCUT2D eigenvalue weighted by atomic mass is 32.1. The van der Waals surface area contributed by atoms with Gasteiger partial charge in [0, 0.05) is 25.9 Å². The van der Waals surface area contributed by atoms with Gasteiger partial charge < -0.3 is 4.42 Å². The molecule has 0 unspecified atom stereocenters. The van der Waals surface area contributed by atoms with E-state index >= 15 is 0 Å². The number of para-hydroxylation sites is 1. The van der Waals surface area contributed by atoms with Gasteiger partial charge >= 0.3 is 0 Å². The van der Waals surface area contributed by atoms with Gasteiger partial charge in [-0.25, -0.2) is 0 Å². The largest absolute Gasteiger partial charge is 0.456 e. The Morgan fingerprint density at radius 2 is 1.20 bits per heavy atom. The van der Waals surface area contributed by atoms with Gasteiger partial charge in [-0.2, -0.15) is 0 Å². The van der Waals surface area contributed by atoms with Crippen LogP contribution in [0, 0.1) is 0 Å².